The summed E-state index contributed by atoms with van der Waals surface area (Å²) in [6.45, 7) is 0. The van der Waals surface area contributed by atoms with Gasteiger partial charge in [-0.25, -0.2) is 0 Å². The van der Waals surface area contributed by atoms with Crippen molar-refractivity contribution in [1.82, 2.24) is 5.32 Å². The lowest BCUT2D eigenvalue weighted by Gasteiger charge is -2.25. The first kappa shape index (κ1) is 7.66. The van der Waals surface area contributed by atoms with Crippen LogP contribution in [0.5, 0.6) is 0 Å². The van der Waals surface area contributed by atoms with Crippen LogP contribution in [0.15, 0.2) is 5.18 Å². The van der Waals surface area contributed by atoms with Crippen LogP contribution < -0.4 is 5.32 Å². The van der Waals surface area contributed by atoms with E-state index in [2.05, 4.69) is 10.5 Å². The molecule has 0 saturated heterocycles. The molecule has 0 amide bonds. The van der Waals surface area contributed by atoms with Crippen LogP contribution in [0.3, 0.4) is 0 Å². The third-order valence-electron chi connectivity index (χ3n) is 2.24. The van der Waals surface area contributed by atoms with E-state index in [9.17, 15) is 4.91 Å². The summed E-state index contributed by atoms with van der Waals surface area (Å²) in [5.74, 6) is 0. The van der Waals surface area contributed by atoms with Crippen molar-refractivity contribution in [3.8, 4) is 0 Å². The highest BCUT2D eigenvalue weighted by Gasteiger charge is 2.23. The minimum absolute atomic E-state index is 0.0266. The van der Waals surface area contributed by atoms with E-state index in [1.807, 2.05) is 7.05 Å². The molecule has 0 radical (unpaired) electrons. The Kier molecular flexibility index (Phi) is 2.81. The lowest BCUT2D eigenvalue weighted by Crippen LogP contribution is -2.38. The molecule has 3 nitrogen and oxygen atoms in total. The summed E-state index contributed by atoms with van der Waals surface area (Å²) in [6, 6.07) is 0.366. The molecule has 1 saturated carbocycles. The third kappa shape index (κ3) is 1.53. The first-order chi connectivity index (χ1) is 4.88. The second kappa shape index (κ2) is 3.66. The highest BCUT2D eigenvalue weighted by atomic mass is 16.3. The van der Waals surface area contributed by atoms with Gasteiger partial charge in [-0.1, -0.05) is 18.0 Å². The molecule has 3 heteroatoms. The highest BCUT2D eigenvalue weighted by molar-refractivity contribution is 4.84. The van der Waals surface area contributed by atoms with Gasteiger partial charge in [0.25, 0.3) is 0 Å². The number of rotatable bonds is 2. The number of nitroso groups, excluding NO2 is 1. The Morgan fingerprint density at radius 1 is 1.40 bits per heavy atom. The van der Waals surface area contributed by atoms with Gasteiger partial charge >= 0.3 is 0 Å². The molecule has 0 aliphatic heterocycles. The molecular formula is C7H14N2O. The van der Waals surface area contributed by atoms with E-state index in [0.29, 0.717) is 6.04 Å². The Labute approximate surface area is 61.2 Å². The normalized spacial score (nSPS) is 33.7. The number of hydrogen-bond donors (Lipinski definition) is 1. The van der Waals surface area contributed by atoms with Crippen LogP contribution >= 0.6 is 0 Å². The molecule has 0 aromatic carbocycles. The van der Waals surface area contributed by atoms with Gasteiger partial charge < -0.3 is 5.32 Å². The zero-order chi connectivity index (χ0) is 7.40. The van der Waals surface area contributed by atoms with Crippen molar-refractivity contribution in [2.24, 2.45) is 5.18 Å². The number of nitrogens with one attached hydrogen (secondary N) is 1. The van der Waals surface area contributed by atoms with Gasteiger partial charge in [-0.05, 0) is 19.9 Å². The molecule has 2 atom stereocenters. The standard InChI is InChI=1S/C7H14N2O/c1-8-6-4-2-3-5-7(6)9-10/h6-8H,2-5H2,1H3. The molecule has 0 aromatic heterocycles. The monoisotopic (exact) mass is 142 g/mol. The summed E-state index contributed by atoms with van der Waals surface area (Å²) in [4.78, 5) is 10.2. The molecule has 1 aliphatic rings. The van der Waals surface area contributed by atoms with Crippen molar-refractivity contribution < 1.29 is 0 Å². The molecule has 10 heavy (non-hydrogen) atoms. The van der Waals surface area contributed by atoms with Gasteiger partial charge in [-0.2, -0.15) is 4.91 Å². The molecule has 2 unspecified atom stereocenters. The molecule has 0 aromatic rings. The first-order valence-electron chi connectivity index (χ1n) is 3.88. The summed E-state index contributed by atoms with van der Waals surface area (Å²) in [7, 11) is 1.90. The molecule has 1 N–H and O–H groups in total. The molecule has 1 aliphatic carbocycles. The van der Waals surface area contributed by atoms with Crippen molar-refractivity contribution in [3.05, 3.63) is 4.91 Å². The van der Waals surface area contributed by atoms with Crippen LogP contribution in [-0.4, -0.2) is 19.1 Å². The fourth-order valence-electron chi connectivity index (χ4n) is 1.57. The molecule has 0 heterocycles. The van der Waals surface area contributed by atoms with Crippen LogP contribution in [0, 0.1) is 4.91 Å². The number of likely N-dealkylation sites (N-methyl/N-ethyl adjacent to an activating group) is 1. The van der Waals surface area contributed by atoms with E-state index in [1.54, 1.807) is 0 Å². The Bertz CT molecular complexity index is 116. The predicted octanol–water partition coefficient (Wildman–Crippen LogP) is 1.28. The summed E-state index contributed by atoms with van der Waals surface area (Å²) >= 11 is 0. The van der Waals surface area contributed by atoms with Crippen LogP contribution in [0.4, 0.5) is 0 Å². The van der Waals surface area contributed by atoms with Gasteiger partial charge in [0, 0.05) is 6.04 Å². The third-order valence-corrected chi connectivity index (χ3v) is 2.24. The van der Waals surface area contributed by atoms with Gasteiger partial charge in [0.2, 0.25) is 0 Å². The molecule has 0 spiro atoms. The SMILES string of the molecule is CNC1CCCCC1N=O. The van der Waals surface area contributed by atoms with Crippen LogP contribution in [0.2, 0.25) is 0 Å². The Morgan fingerprint density at radius 2 is 2.10 bits per heavy atom. The average molecular weight is 142 g/mol. The quantitative estimate of drug-likeness (QED) is 0.590. The fourth-order valence-corrected chi connectivity index (χ4v) is 1.57. The van der Waals surface area contributed by atoms with E-state index in [0.717, 1.165) is 19.3 Å². The van der Waals surface area contributed by atoms with Gasteiger partial charge in [0.15, 0.2) is 0 Å². The highest BCUT2D eigenvalue weighted by Crippen LogP contribution is 2.20. The zero-order valence-corrected chi connectivity index (χ0v) is 6.34. The summed E-state index contributed by atoms with van der Waals surface area (Å²) in [5.41, 5.74) is 0. The lowest BCUT2D eigenvalue weighted by atomic mass is 9.91. The largest absolute Gasteiger partial charge is 0.315 e. The minimum atomic E-state index is 0.0266. The van der Waals surface area contributed by atoms with E-state index in [4.69, 9.17) is 0 Å². The van der Waals surface area contributed by atoms with E-state index in [1.165, 1.54) is 6.42 Å². The molecular weight excluding hydrogens is 128 g/mol. The molecule has 0 bridgehead atoms. The fraction of sp³-hybridized carbons (Fsp3) is 1.00. The van der Waals surface area contributed by atoms with Crippen molar-refractivity contribution in [1.29, 1.82) is 0 Å². The van der Waals surface area contributed by atoms with Gasteiger partial charge in [-0.15, -0.1) is 0 Å². The molecule has 1 fully saturated rings. The average Bonchev–Trinajstić information content (AvgIpc) is 2.04. The molecule has 58 valence electrons. The molecule has 1 rings (SSSR count). The van der Waals surface area contributed by atoms with Crippen molar-refractivity contribution in [2.45, 2.75) is 37.8 Å². The van der Waals surface area contributed by atoms with Gasteiger partial charge in [-0.3, -0.25) is 0 Å². The number of nitrogens with zero attached hydrogens (tertiary/aromatic N) is 1. The second-order valence-electron chi connectivity index (χ2n) is 2.85. The zero-order valence-electron chi connectivity index (χ0n) is 6.34. The van der Waals surface area contributed by atoms with E-state index < -0.39 is 0 Å². The van der Waals surface area contributed by atoms with Crippen molar-refractivity contribution in [3.63, 3.8) is 0 Å². The summed E-state index contributed by atoms with van der Waals surface area (Å²) in [5, 5.41) is 6.20. The Balaban J connectivity index is 2.41. The predicted molar refractivity (Wildman–Crippen MR) is 40.9 cm³/mol. The van der Waals surface area contributed by atoms with Gasteiger partial charge in [0.05, 0.1) is 0 Å². The maximum Gasteiger partial charge on any atom is 0.107 e. The lowest BCUT2D eigenvalue weighted by molar-refractivity contribution is 0.344. The van der Waals surface area contributed by atoms with Crippen LogP contribution in [-0.2, 0) is 0 Å². The topological polar surface area (TPSA) is 41.5 Å². The smallest absolute Gasteiger partial charge is 0.107 e. The second-order valence-corrected chi connectivity index (χ2v) is 2.85. The van der Waals surface area contributed by atoms with Crippen LogP contribution in [0.25, 0.3) is 0 Å². The van der Waals surface area contributed by atoms with Gasteiger partial charge in [0.1, 0.15) is 6.04 Å². The first-order valence-corrected chi connectivity index (χ1v) is 3.88. The van der Waals surface area contributed by atoms with E-state index >= 15 is 0 Å². The number of hydrogen-bond acceptors (Lipinski definition) is 3. The summed E-state index contributed by atoms with van der Waals surface area (Å²) in [6.07, 6.45) is 4.47. The van der Waals surface area contributed by atoms with Crippen LogP contribution in [0.1, 0.15) is 25.7 Å². The Morgan fingerprint density at radius 3 is 2.60 bits per heavy atom. The van der Waals surface area contributed by atoms with Crippen molar-refractivity contribution >= 4 is 0 Å². The van der Waals surface area contributed by atoms with E-state index in [-0.39, 0.29) is 6.04 Å². The maximum atomic E-state index is 10.2. The van der Waals surface area contributed by atoms with Crippen molar-refractivity contribution in [2.75, 3.05) is 7.05 Å². The minimum Gasteiger partial charge on any atom is -0.315 e. The summed E-state index contributed by atoms with van der Waals surface area (Å²) < 4.78 is 0. The maximum absolute atomic E-state index is 10.2. The Hall–Kier alpha value is -0.440.